The molecule has 1 spiro atoms. The van der Waals surface area contributed by atoms with Crippen LogP contribution in [0.1, 0.15) is 39.5 Å². The lowest BCUT2D eigenvalue weighted by molar-refractivity contribution is -0.140. The Bertz CT molecular complexity index is 236. The first-order valence-electron chi connectivity index (χ1n) is 7.31. The molecule has 0 aromatic rings. The second-order valence-corrected chi connectivity index (χ2v) is 5.51. The van der Waals surface area contributed by atoms with Gasteiger partial charge in [-0.05, 0) is 39.5 Å². The summed E-state index contributed by atoms with van der Waals surface area (Å²) in [6, 6.07) is 0.569. The van der Waals surface area contributed by atoms with Crippen LogP contribution in [0.2, 0.25) is 0 Å². The molecule has 0 saturated carbocycles. The van der Waals surface area contributed by atoms with Crippen LogP contribution >= 0.6 is 0 Å². The van der Waals surface area contributed by atoms with Gasteiger partial charge in [0.15, 0.2) is 0 Å². The number of rotatable bonds is 5. The lowest BCUT2D eigenvalue weighted by atomic mass is 9.84. The molecule has 0 bridgehead atoms. The Balaban J connectivity index is 1.76. The first-order valence-corrected chi connectivity index (χ1v) is 7.31. The highest BCUT2D eigenvalue weighted by atomic mass is 16.5. The highest BCUT2D eigenvalue weighted by molar-refractivity contribution is 4.91. The van der Waals surface area contributed by atoms with Crippen molar-refractivity contribution < 1.29 is 14.2 Å². The standard InChI is InChI=1S/C14H27NO3/c1-3-17-12(2)11-15-13-4-7-18-14(10-13)5-8-16-9-6-14/h12-13,15H,3-11H2,1-2H3. The van der Waals surface area contributed by atoms with E-state index in [9.17, 15) is 0 Å². The van der Waals surface area contributed by atoms with Crippen molar-refractivity contribution in [2.75, 3.05) is 33.0 Å². The van der Waals surface area contributed by atoms with Crippen LogP contribution in [-0.2, 0) is 14.2 Å². The van der Waals surface area contributed by atoms with Crippen molar-refractivity contribution in [1.82, 2.24) is 5.32 Å². The van der Waals surface area contributed by atoms with E-state index in [0.29, 0.717) is 12.1 Å². The van der Waals surface area contributed by atoms with E-state index in [-0.39, 0.29) is 5.60 Å². The van der Waals surface area contributed by atoms with E-state index in [0.717, 1.165) is 58.7 Å². The fourth-order valence-electron chi connectivity index (χ4n) is 2.97. The Kier molecular flexibility index (Phi) is 5.42. The summed E-state index contributed by atoms with van der Waals surface area (Å²) in [5.41, 5.74) is 0.0863. The quantitative estimate of drug-likeness (QED) is 0.814. The Morgan fingerprint density at radius 2 is 2.11 bits per heavy atom. The van der Waals surface area contributed by atoms with Crippen molar-refractivity contribution in [2.45, 2.75) is 57.3 Å². The second-order valence-electron chi connectivity index (χ2n) is 5.51. The molecule has 4 nitrogen and oxygen atoms in total. The number of nitrogens with one attached hydrogen (secondary N) is 1. The van der Waals surface area contributed by atoms with Gasteiger partial charge in [-0.3, -0.25) is 0 Å². The average Bonchev–Trinajstić information content (AvgIpc) is 2.38. The van der Waals surface area contributed by atoms with Crippen LogP contribution in [0.25, 0.3) is 0 Å². The maximum Gasteiger partial charge on any atom is 0.0741 e. The summed E-state index contributed by atoms with van der Waals surface area (Å²) in [6.07, 6.45) is 4.62. The molecule has 2 aliphatic heterocycles. The molecule has 2 atom stereocenters. The molecule has 4 heteroatoms. The van der Waals surface area contributed by atoms with Gasteiger partial charge in [-0.2, -0.15) is 0 Å². The molecule has 18 heavy (non-hydrogen) atoms. The normalized spacial score (nSPS) is 29.3. The molecule has 2 rings (SSSR count). The third-order valence-electron chi connectivity index (χ3n) is 4.04. The van der Waals surface area contributed by atoms with E-state index in [1.165, 1.54) is 0 Å². The van der Waals surface area contributed by atoms with Crippen molar-refractivity contribution in [3.8, 4) is 0 Å². The molecule has 1 N–H and O–H groups in total. The van der Waals surface area contributed by atoms with E-state index in [1.807, 2.05) is 6.92 Å². The van der Waals surface area contributed by atoms with Gasteiger partial charge in [0.1, 0.15) is 0 Å². The van der Waals surface area contributed by atoms with Crippen molar-refractivity contribution in [3.63, 3.8) is 0 Å². The predicted octanol–water partition coefficient (Wildman–Crippen LogP) is 1.73. The molecule has 2 saturated heterocycles. The van der Waals surface area contributed by atoms with E-state index in [1.54, 1.807) is 0 Å². The first-order chi connectivity index (χ1) is 8.74. The van der Waals surface area contributed by atoms with Gasteiger partial charge in [-0.15, -0.1) is 0 Å². The molecule has 2 heterocycles. The summed E-state index contributed by atoms with van der Waals surface area (Å²) in [4.78, 5) is 0. The smallest absolute Gasteiger partial charge is 0.0741 e. The maximum atomic E-state index is 6.04. The molecule has 2 unspecified atom stereocenters. The summed E-state index contributed by atoms with van der Waals surface area (Å²) >= 11 is 0. The van der Waals surface area contributed by atoms with Crippen LogP contribution in [0, 0.1) is 0 Å². The summed E-state index contributed by atoms with van der Waals surface area (Å²) in [5.74, 6) is 0. The molecule has 0 aromatic heterocycles. The Labute approximate surface area is 110 Å². The number of ether oxygens (including phenoxy) is 3. The molecule has 0 amide bonds. The Hall–Kier alpha value is -0.160. The van der Waals surface area contributed by atoms with Crippen molar-refractivity contribution >= 4 is 0 Å². The summed E-state index contributed by atoms with van der Waals surface area (Å²) in [6.45, 7) is 8.47. The Morgan fingerprint density at radius 1 is 1.33 bits per heavy atom. The highest BCUT2D eigenvalue weighted by Gasteiger charge is 2.38. The van der Waals surface area contributed by atoms with Crippen LogP contribution in [0.5, 0.6) is 0 Å². The third-order valence-corrected chi connectivity index (χ3v) is 4.04. The van der Waals surface area contributed by atoms with Crippen molar-refractivity contribution in [2.24, 2.45) is 0 Å². The van der Waals surface area contributed by atoms with Crippen LogP contribution in [0.15, 0.2) is 0 Å². The zero-order valence-corrected chi connectivity index (χ0v) is 11.7. The monoisotopic (exact) mass is 257 g/mol. The van der Waals surface area contributed by atoms with Crippen LogP contribution in [0.4, 0.5) is 0 Å². The SMILES string of the molecule is CCOC(C)CNC1CCOC2(CCOCC2)C1. The van der Waals surface area contributed by atoms with E-state index >= 15 is 0 Å². The molecular formula is C14H27NO3. The fraction of sp³-hybridized carbons (Fsp3) is 1.00. The second kappa shape index (κ2) is 6.85. The van der Waals surface area contributed by atoms with Gasteiger partial charge in [0.25, 0.3) is 0 Å². The minimum absolute atomic E-state index is 0.0863. The zero-order chi connectivity index (χ0) is 12.8. The van der Waals surface area contributed by atoms with Gasteiger partial charge >= 0.3 is 0 Å². The van der Waals surface area contributed by atoms with E-state index < -0.39 is 0 Å². The molecule has 2 fully saturated rings. The largest absolute Gasteiger partial charge is 0.381 e. The lowest BCUT2D eigenvalue weighted by Crippen LogP contribution is -2.50. The first kappa shape index (κ1) is 14.3. The van der Waals surface area contributed by atoms with Gasteiger partial charge in [-0.25, -0.2) is 0 Å². The van der Waals surface area contributed by atoms with Gasteiger partial charge in [0.05, 0.1) is 11.7 Å². The van der Waals surface area contributed by atoms with Crippen molar-refractivity contribution in [1.29, 1.82) is 0 Å². The third kappa shape index (κ3) is 3.92. The summed E-state index contributed by atoms with van der Waals surface area (Å²) in [7, 11) is 0. The molecule has 0 radical (unpaired) electrons. The topological polar surface area (TPSA) is 39.7 Å². The lowest BCUT2D eigenvalue weighted by Gasteiger charge is -2.43. The zero-order valence-electron chi connectivity index (χ0n) is 11.7. The predicted molar refractivity (Wildman–Crippen MR) is 70.8 cm³/mol. The molecule has 0 aromatic carbocycles. The molecule has 106 valence electrons. The molecule has 2 aliphatic rings. The van der Waals surface area contributed by atoms with Gasteiger partial charge in [-0.1, -0.05) is 0 Å². The summed E-state index contributed by atoms with van der Waals surface area (Å²) in [5, 5.41) is 3.63. The van der Waals surface area contributed by atoms with E-state index in [4.69, 9.17) is 14.2 Å². The van der Waals surface area contributed by atoms with Gasteiger partial charge in [0.2, 0.25) is 0 Å². The van der Waals surface area contributed by atoms with Gasteiger partial charge < -0.3 is 19.5 Å². The number of hydrogen-bond acceptors (Lipinski definition) is 4. The van der Waals surface area contributed by atoms with Crippen LogP contribution < -0.4 is 5.32 Å². The molecule has 0 aliphatic carbocycles. The highest BCUT2D eigenvalue weighted by Crippen LogP contribution is 2.34. The van der Waals surface area contributed by atoms with Crippen molar-refractivity contribution in [3.05, 3.63) is 0 Å². The average molecular weight is 257 g/mol. The van der Waals surface area contributed by atoms with Crippen LogP contribution in [0.3, 0.4) is 0 Å². The minimum Gasteiger partial charge on any atom is -0.381 e. The maximum absolute atomic E-state index is 6.04. The minimum atomic E-state index is 0.0863. The fourth-order valence-corrected chi connectivity index (χ4v) is 2.97. The number of hydrogen-bond donors (Lipinski definition) is 1. The van der Waals surface area contributed by atoms with Crippen LogP contribution in [-0.4, -0.2) is 50.7 Å². The molecular weight excluding hydrogens is 230 g/mol. The van der Waals surface area contributed by atoms with Gasteiger partial charge in [0, 0.05) is 39.0 Å². The van der Waals surface area contributed by atoms with E-state index in [2.05, 4.69) is 12.2 Å². The Morgan fingerprint density at radius 3 is 2.83 bits per heavy atom. The summed E-state index contributed by atoms with van der Waals surface area (Å²) < 4.78 is 17.0.